The molecule has 2 heterocycles. The lowest BCUT2D eigenvalue weighted by Gasteiger charge is -2.24. The average molecular weight is 273 g/mol. The summed E-state index contributed by atoms with van der Waals surface area (Å²) < 4.78 is 5.64. The first-order chi connectivity index (χ1) is 9.65. The Morgan fingerprint density at radius 1 is 1.50 bits per heavy atom. The first-order valence-corrected chi connectivity index (χ1v) is 7.62. The zero-order chi connectivity index (χ0) is 14.2. The number of nitrogens with zero attached hydrogens (tertiary/aromatic N) is 3. The highest BCUT2D eigenvalue weighted by Gasteiger charge is 2.53. The van der Waals surface area contributed by atoms with Crippen LogP contribution in [0.4, 0.5) is 0 Å². The van der Waals surface area contributed by atoms with Gasteiger partial charge in [-0.1, -0.05) is 31.3 Å². The predicted octanol–water partition coefficient (Wildman–Crippen LogP) is 2.57. The largest absolute Gasteiger partial charge is 0.339 e. The molecule has 1 saturated heterocycles. The highest BCUT2D eigenvalue weighted by molar-refractivity contribution is 5.18. The summed E-state index contributed by atoms with van der Waals surface area (Å²) >= 11 is 0. The quantitative estimate of drug-likeness (QED) is 0.794. The van der Waals surface area contributed by atoms with E-state index < -0.39 is 0 Å². The van der Waals surface area contributed by atoms with Crippen LogP contribution in [0.15, 0.2) is 4.52 Å². The molecule has 2 aliphatic rings. The van der Waals surface area contributed by atoms with Crippen LogP contribution in [-0.4, -0.2) is 34.7 Å². The van der Waals surface area contributed by atoms with E-state index in [4.69, 9.17) is 9.51 Å². The Hall–Kier alpha value is -1.34. The Morgan fingerprint density at radius 2 is 2.35 bits per heavy atom. The SMILES string of the molecule is CC#CCN1C[C@H]2CCC[C@@]2(c2nc(C(C)C)no2)C1. The van der Waals surface area contributed by atoms with E-state index in [1.165, 1.54) is 19.3 Å². The van der Waals surface area contributed by atoms with Crippen molar-refractivity contribution in [2.75, 3.05) is 19.6 Å². The molecule has 1 aromatic heterocycles. The van der Waals surface area contributed by atoms with Crippen LogP contribution in [0.1, 0.15) is 57.7 Å². The number of aromatic nitrogens is 2. The molecule has 1 aliphatic carbocycles. The van der Waals surface area contributed by atoms with Crippen LogP contribution in [0.3, 0.4) is 0 Å². The molecule has 1 aliphatic heterocycles. The molecule has 1 aromatic rings. The number of hydrogen-bond acceptors (Lipinski definition) is 4. The molecule has 0 spiro atoms. The van der Waals surface area contributed by atoms with Crippen LogP contribution < -0.4 is 0 Å². The Labute approximate surface area is 120 Å². The molecule has 108 valence electrons. The van der Waals surface area contributed by atoms with E-state index in [0.717, 1.165) is 31.3 Å². The molecule has 0 bridgehead atoms. The standard InChI is InChI=1S/C16H23N3O/c1-4-5-9-19-10-13-7-6-8-16(13,11-19)15-17-14(12(2)3)18-20-15/h12-13H,6-11H2,1-3H3/t13-,16-/m1/s1. The van der Waals surface area contributed by atoms with E-state index in [1.807, 2.05) is 6.92 Å². The minimum atomic E-state index is 0.0928. The molecule has 3 rings (SSSR count). The van der Waals surface area contributed by atoms with Gasteiger partial charge >= 0.3 is 0 Å². The zero-order valence-corrected chi connectivity index (χ0v) is 12.6. The third kappa shape index (κ3) is 2.14. The summed E-state index contributed by atoms with van der Waals surface area (Å²) in [5.41, 5.74) is 0.0928. The summed E-state index contributed by atoms with van der Waals surface area (Å²) in [6.07, 6.45) is 3.72. The summed E-state index contributed by atoms with van der Waals surface area (Å²) in [7, 11) is 0. The molecule has 4 heteroatoms. The maximum atomic E-state index is 5.64. The molecular weight excluding hydrogens is 250 g/mol. The van der Waals surface area contributed by atoms with E-state index in [-0.39, 0.29) is 5.41 Å². The maximum Gasteiger partial charge on any atom is 0.234 e. The molecule has 2 fully saturated rings. The molecule has 0 aromatic carbocycles. The lowest BCUT2D eigenvalue weighted by molar-refractivity contribution is 0.252. The Bertz CT molecular complexity index is 539. The van der Waals surface area contributed by atoms with Crippen molar-refractivity contribution < 1.29 is 4.52 Å². The van der Waals surface area contributed by atoms with Crippen molar-refractivity contribution in [1.82, 2.24) is 15.0 Å². The van der Waals surface area contributed by atoms with Crippen LogP contribution in [0.5, 0.6) is 0 Å². The minimum Gasteiger partial charge on any atom is -0.339 e. The van der Waals surface area contributed by atoms with Crippen molar-refractivity contribution in [3.63, 3.8) is 0 Å². The van der Waals surface area contributed by atoms with E-state index in [1.54, 1.807) is 0 Å². The van der Waals surface area contributed by atoms with Crippen molar-refractivity contribution in [2.24, 2.45) is 5.92 Å². The van der Waals surface area contributed by atoms with Gasteiger partial charge in [0.1, 0.15) is 0 Å². The van der Waals surface area contributed by atoms with E-state index in [0.29, 0.717) is 11.8 Å². The minimum absolute atomic E-state index is 0.0928. The number of fused-ring (bicyclic) bond motifs is 1. The lowest BCUT2D eigenvalue weighted by atomic mass is 9.80. The fraction of sp³-hybridized carbons (Fsp3) is 0.750. The molecule has 0 amide bonds. The monoisotopic (exact) mass is 273 g/mol. The lowest BCUT2D eigenvalue weighted by Crippen LogP contribution is -2.32. The molecule has 20 heavy (non-hydrogen) atoms. The molecule has 2 atom stereocenters. The summed E-state index contributed by atoms with van der Waals surface area (Å²) in [4.78, 5) is 7.14. The molecule has 0 N–H and O–H groups in total. The van der Waals surface area contributed by atoms with Crippen molar-refractivity contribution in [3.8, 4) is 11.8 Å². The Kier molecular flexibility index (Phi) is 3.55. The fourth-order valence-corrected chi connectivity index (χ4v) is 3.73. The van der Waals surface area contributed by atoms with Gasteiger partial charge in [-0.25, -0.2) is 0 Å². The summed E-state index contributed by atoms with van der Waals surface area (Å²) in [6.45, 7) is 9.12. The summed E-state index contributed by atoms with van der Waals surface area (Å²) in [6, 6.07) is 0. The van der Waals surface area contributed by atoms with E-state index in [2.05, 4.69) is 35.7 Å². The van der Waals surface area contributed by atoms with Gasteiger partial charge in [-0.05, 0) is 25.7 Å². The molecule has 0 radical (unpaired) electrons. The highest BCUT2D eigenvalue weighted by Crippen LogP contribution is 2.49. The summed E-state index contributed by atoms with van der Waals surface area (Å²) in [5.74, 6) is 8.86. The van der Waals surface area contributed by atoms with Crippen LogP contribution in [0, 0.1) is 17.8 Å². The van der Waals surface area contributed by atoms with Crippen molar-refractivity contribution in [2.45, 2.75) is 51.4 Å². The van der Waals surface area contributed by atoms with Crippen molar-refractivity contribution >= 4 is 0 Å². The Morgan fingerprint density at radius 3 is 3.05 bits per heavy atom. The zero-order valence-electron chi connectivity index (χ0n) is 12.6. The van der Waals surface area contributed by atoms with Gasteiger partial charge in [0, 0.05) is 19.0 Å². The molecule has 1 saturated carbocycles. The second kappa shape index (κ2) is 5.21. The number of hydrogen-bond donors (Lipinski definition) is 0. The Balaban J connectivity index is 1.85. The van der Waals surface area contributed by atoms with Crippen LogP contribution in [0.25, 0.3) is 0 Å². The number of rotatable bonds is 3. The van der Waals surface area contributed by atoms with Crippen molar-refractivity contribution in [1.29, 1.82) is 0 Å². The second-order valence-electron chi connectivity index (χ2n) is 6.45. The van der Waals surface area contributed by atoms with Crippen LogP contribution in [0.2, 0.25) is 0 Å². The van der Waals surface area contributed by atoms with Gasteiger partial charge in [0.15, 0.2) is 5.82 Å². The van der Waals surface area contributed by atoms with Gasteiger partial charge in [-0.2, -0.15) is 4.98 Å². The maximum absolute atomic E-state index is 5.64. The van der Waals surface area contributed by atoms with E-state index in [9.17, 15) is 0 Å². The topological polar surface area (TPSA) is 42.2 Å². The van der Waals surface area contributed by atoms with Gasteiger partial charge < -0.3 is 4.52 Å². The second-order valence-corrected chi connectivity index (χ2v) is 6.45. The van der Waals surface area contributed by atoms with Gasteiger partial charge in [0.05, 0.1) is 12.0 Å². The fourth-order valence-electron chi connectivity index (χ4n) is 3.73. The predicted molar refractivity (Wildman–Crippen MR) is 77.3 cm³/mol. The van der Waals surface area contributed by atoms with Crippen LogP contribution in [-0.2, 0) is 5.41 Å². The first kappa shape index (κ1) is 13.6. The van der Waals surface area contributed by atoms with Crippen LogP contribution >= 0.6 is 0 Å². The van der Waals surface area contributed by atoms with Gasteiger partial charge in [-0.3, -0.25) is 4.90 Å². The third-order valence-electron chi connectivity index (χ3n) is 4.80. The molecule has 4 nitrogen and oxygen atoms in total. The normalized spacial score (nSPS) is 29.5. The van der Waals surface area contributed by atoms with Gasteiger partial charge in [0.25, 0.3) is 0 Å². The first-order valence-electron chi connectivity index (χ1n) is 7.62. The average Bonchev–Trinajstić information content (AvgIpc) is 3.08. The third-order valence-corrected chi connectivity index (χ3v) is 4.80. The van der Waals surface area contributed by atoms with Gasteiger partial charge in [0.2, 0.25) is 5.89 Å². The highest BCUT2D eigenvalue weighted by atomic mass is 16.5. The molecular formula is C16H23N3O. The summed E-state index contributed by atoms with van der Waals surface area (Å²) in [5, 5.41) is 4.17. The van der Waals surface area contributed by atoms with Gasteiger partial charge in [-0.15, -0.1) is 5.92 Å². The van der Waals surface area contributed by atoms with Crippen molar-refractivity contribution in [3.05, 3.63) is 11.7 Å². The molecule has 0 unspecified atom stereocenters. The number of likely N-dealkylation sites (tertiary alicyclic amines) is 1. The smallest absolute Gasteiger partial charge is 0.234 e. The van der Waals surface area contributed by atoms with E-state index >= 15 is 0 Å².